The third-order valence-corrected chi connectivity index (χ3v) is 0.828. The molecule has 0 bridgehead atoms. The molecule has 9 heavy (non-hydrogen) atoms. The topological polar surface area (TPSA) is 41.6 Å². The van der Waals surface area contributed by atoms with Crippen molar-refractivity contribution in [2.24, 2.45) is 0 Å². The lowest BCUT2D eigenvalue weighted by molar-refractivity contribution is 0.148. The zero-order valence-electron chi connectivity index (χ0n) is 4.51. The van der Waals surface area contributed by atoms with Gasteiger partial charge in [-0.3, -0.25) is 0 Å². The number of hydrogen-bond donors (Lipinski definition) is 1. The Kier molecular flexibility index (Phi) is 1.72. The number of alkyl halides is 2. The molecule has 3 nitrogen and oxygen atoms in total. The fourth-order valence-electron chi connectivity index (χ4n) is 0.482. The molecule has 5 heteroatoms. The summed E-state index contributed by atoms with van der Waals surface area (Å²) in [7, 11) is 0. The average molecular weight is 133 g/mol. The minimum Gasteiger partial charge on any atom is -0.210 e. The van der Waals surface area contributed by atoms with Gasteiger partial charge >= 0.3 is 0 Å². The number of nitrogens with zero attached hydrogens (tertiary/aromatic N) is 2. The summed E-state index contributed by atoms with van der Waals surface area (Å²) >= 11 is 0. The lowest BCUT2D eigenvalue weighted by Crippen LogP contribution is -1.96. The lowest BCUT2D eigenvalue weighted by atomic mass is 10.3. The van der Waals surface area contributed by atoms with Crippen molar-refractivity contribution < 1.29 is 8.78 Å². The summed E-state index contributed by atoms with van der Waals surface area (Å²) in [6, 6.07) is 0. The highest BCUT2D eigenvalue weighted by atomic mass is 19.3. The highest BCUT2D eigenvalue weighted by molar-refractivity contribution is 4.90. The fraction of sp³-hybridized carbons (Fsp3) is 0.500. The zero-order chi connectivity index (χ0) is 6.69. The van der Waals surface area contributed by atoms with Crippen molar-refractivity contribution >= 4 is 0 Å². The van der Waals surface area contributed by atoms with Gasteiger partial charge in [0.1, 0.15) is 0 Å². The molecule has 0 aliphatic heterocycles. The molecule has 0 aliphatic carbocycles. The van der Waals surface area contributed by atoms with Crippen LogP contribution in [0.3, 0.4) is 0 Å². The normalized spacial score (nSPS) is 10.6. The van der Waals surface area contributed by atoms with Gasteiger partial charge in [0.15, 0.2) is 0 Å². The van der Waals surface area contributed by atoms with Gasteiger partial charge in [-0.25, -0.2) is 8.78 Å². The van der Waals surface area contributed by atoms with E-state index in [0.717, 1.165) is 0 Å². The van der Waals surface area contributed by atoms with Crippen LogP contribution >= 0.6 is 0 Å². The Morgan fingerprint density at radius 3 is 2.89 bits per heavy atom. The van der Waals surface area contributed by atoms with E-state index < -0.39 is 6.43 Å². The van der Waals surface area contributed by atoms with Gasteiger partial charge in [0, 0.05) is 0 Å². The van der Waals surface area contributed by atoms with E-state index in [1.807, 2.05) is 0 Å². The number of rotatable bonds is 2. The molecule has 0 saturated heterocycles. The van der Waals surface area contributed by atoms with Crippen LogP contribution < -0.4 is 0 Å². The molecule has 0 aliphatic rings. The number of aromatic nitrogens is 3. The Hall–Kier alpha value is -1.00. The quantitative estimate of drug-likeness (QED) is 0.642. The van der Waals surface area contributed by atoms with Gasteiger partial charge in [-0.1, -0.05) is 0 Å². The molecule has 0 saturated carbocycles. The molecular weight excluding hydrogens is 128 g/mol. The number of nitrogens with one attached hydrogen (secondary N) is 1. The van der Waals surface area contributed by atoms with Crippen LogP contribution in [0.2, 0.25) is 0 Å². The van der Waals surface area contributed by atoms with Crippen LogP contribution in [0.15, 0.2) is 6.20 Å². The summed E-state index contributed by atoms with van der Waals surface area (Å²) < 4.78 is 23.0. The first-order valence-electron chi connectivity index (χ1n) is 2.42. The van der Waals surface area contributed by atoms with Gasteiger partial charge in [-0.2, -0.15) is 15.4 Å². The number of hydrogen-bond acceptors (Lipinski definition) is 2. The van der Waals surface area contributed by atoms with Crippen molar-refractivity contribution in [3.05, 3.63) is 11.9 Å². The van der Waals surface area contributed by atoms with Crippen molar-refractivity contribution in [2.45, 2.75) is 12.8 Å². The summed E-state index contributed by atoms with van der Waals surface area (Å²) in [4.78, 5) is 0. The van der Waals surface area contributed by atoms with E-state index in [2.05, 4.69) is 15.4 Å². The van der Waals surface area contributed by atoms with Gasteiger partial charge in [-0.15, -0.1) is 0 Å². The van der Waals surface area contributed by atoms with Crippen molar-refractivity contribution in [3.8, 4) is 0 Å². The molecule has 0 atom stereocenters. The molecule has 1 aromatic heterocycles. The smallest absolute Gasteiger partial charge is 0.210 e. The molecule has 0 unspecified atom stereocenters. The minimum absolute atomic E-state index is 0.296. The molecule has 0 amide bonds. The van der Waals surface area contributed by atoms with Gasteiger partial charge in [0.2, 0.25) is 6.43 Å². The zero-order valence-corrected chi connectivity index (χ0v) is 4.51. The Morgan fingerprint density at radius 1 is 1.67 bits per heavy atom. The summed E-state index contributed by atoms with van der Waals surface area (Å²) in [5.41, 5.74) is 0.296. The Bertz CT molecular complexity index is 160. The first-order valence-corrected chi connectivity index (χ1v) is 2.42. The molecule has 0 spiro atoms. The second-order valence-corrected chi connectivity index (χ2v) is 1.56. The lowest BCUT2D eigenvalue weighted by Gasteiger charge is -1.89. The first-order chi connectivity index (χ1) is 4.29. The summed E-state index contributed by atoms with van der Waals surface area (Å²) in [6.07, 6.45) is -1.38. The van der Waals surface area contributed by atoms with Crippen LogP contribution in [0.1, 0.15) is 5.69 Å². The van der Waals surface area contributed by atoms with Crippen molar-refractivity contribution in [2.75, 3.05) is 0 Å². The molecular formula is C4H5F2N3. The number of halogens is 2. The van der Waals surface area contributed by atoms with Crippen molar-refractivity contribution in [3.63, 3.8) is 0 Å². The largest absolute Gasteiger partial charge is 0.244 e. The molecule has 0 aromatic carbocycles. The van der Waals surface area contributed by atoms with E-state index >= 15 is 0 Å². The molecule has 0 radical (unpaired) electrons. The van der Waals surface area contributed by atoms with Gasteiger partial charge < -0.3 is 0 Å². The Labute approximate surface area is 50.1 Å². The maximum absolute atomic E-state index is 11.5. The van der Waals surface area contributed by atoms with Crippen LogP contribution in [0.25, 0.3) is 0 Å². The monoisotopic (exact) mass is 133 g/mol. The highest BCUT2D eigenvalue weighted by Crippen LogP contribution is 2.00. The van der Waals surface area contributed by atoms with E-state index in [4.69, 9.17) is 0 Å². The minimum atomic E-state index is -2.34. The van der Waals surface area contributed by atoms with E-state index in [1.54, 1.807) is 0 Å². The van der Waals surface area contributed by atoms with Crippen LogP contribution in [-0.2, 0) is 6.42 Å². The summed E-state index contributed by atoms with van der Waals surface area (Å²) in [5, 5.41) is 9.05. The van der Waals surface area contributed by atoms with E-state index in [0.29, 0.717) is 5.69 Å². The number of H-pyrrole nitrogens is 1. The Morgan fingerprint density at radius 2 is 2.44 bits per heavy atom. The maximum atomic E-state index is 11.5. The highest BCUT2D eigenvalue weighted by Gasteiger charge is 2.05. The second kappa shape index (κ2) is 2.52. The van der Waals surface area contributed by atoms with Crippen molar-refractivity contribution in [1.82, 2.24) is 15.4 Å². The van der Waals surface area contributed by atoms with Gasteiger partial charge in [-0.05, 0) is 0 Å². The fourth-order valence-corrected chi connectivity index (χ4v) is 0.482. The van der Waals surface area contributed by atoms with Gasteiger partial charge in [0.05, 0.1) is 18.3 Å². The Balaban J connectivity index is 2.48. The third-order valence-electron chi connectivity index (χ3n) is 0.828. The summed E-state index contributed by atoms with van der Waals surface area (Å²) in [5.74, 6) is 0. The standard InChI is InChI=1S/C4H5F2N3/c5-4(6)1-3-2-7-9-8-3/h2,4H,1H2,(H,7,8,9). The number of aromatic amines is 1. The molecule has 1 heterocycles. The van der Waals surface area contributed by atoms with Crippen LogP contribution in [0.5, 0.6) is 0 Å². The molecule has 50 valence electrons. The molecule has 1 aromatic rings. The molecule has 0 fully saturated rings. The van der Waals surface area contributed by atoms with Crippen LogP contribution in [0.4, 0.5) is 8.78 Å². The van der Waals surface area contributed by atoms with Crippen molar-refractivity contribution in [1.29, 1.82) is 0 Å². The predicted molar refractivity (Wildman–Crippen MR) is 26.1 cm³/mol. The van der Waals surface area contributed by atoms with E-state index in [9.17, 15) is 8.78 Å². The average Bonchev–Trinajstić information content (AvgIpc) is 2.15. The van der Waals surface area contributed by atoms with Crippen LogP contribution in [-0.4, -0.2) is 21.8 Å². The predicted octanol–water partition coefficient (Wildman–Crippen LogP) is 0.612. The van der Waals surface area contributed by atoms with Crippen LogP contribution in [0, 0.1) is 0 Å². The van der Waals surface area contributed by atoms with E-state index in [-0.39, 0.29) is 6.42 Å². The third kappa shape index (κ3) is 1.75. The first kappa shape index (κ1) is 6.12. The summed E-state index contributed by atoms with van der Waals surface area (Å²) in [6.45, 7) is 0. The van der Waals surface area contributed by atoms with E-state index in [1.165, 1.54) is 6.20 Å². The molecule has 1 rings (SSSR count). The SMILES string of the molecule is FC(F)Cc1cn[nH]n1. The maximum Gasteiger partial charge on any atom is 0.244 e. The molecule has 1 N–H and O–H groups in total. The second-order valence-electron chi connectivity index (χ2n) is 1.56. The van der Waals surface area contributed by atoms with Gasteiger partial charge in [0.25, 0.3) is 0 Å².